The van der Waals surface area contributed by atoms with Crippen LogP contribution < -0.4 is 0 Å². The summed E-state index contributed by atoms with van der Waals surface area (Å²) in [6.45, 7) is 4.18. The van der Waals surface area contributed by atoms with Gasteiger partial charge in [-0.3, -0.25) is 0 Å². The molecule has 8 heteroatoms. The molecule has 4 heterocycles. The third kappa shape index (κ3) is 2.33. The van der Waals surface area contributed by atoms with Crippen LogP contribution in [-0.4, -0.2) is 20.2 Å². The van der Waals surface area contributed by atoms with Crippen molar-refractivity contribution in [1.29, 1.82) is 0 Å². The minimum Gasteiger partial charge on any atom is -0.410 e. The van der Waals surface area contributed by atoms with E-state index >= 15 is 0 Å². The Morgan fingerprint density at radius 2 is 2.09 bits per heavy atom. The summed E-state index contributed by atoms with van der Waals surface area (Å²) in [6, 6.07) is 3.92. The van der Waals surface area contributed by atoms with E-state index in [-0.39, 0.29) is 0 Å². The first-order valence-corrected chi connectivity index (χ1v) is 8.99. The van der Waals surface area contributed by atoms with E-state index in [1.54, 1.807) is 29.0 Å². The van der Waals surface area contributed by atoms with Crippen LogP contribution in [0.4, 0.5) is 0 Å². The van der Waals surface area contributed by atoms with Crippen LogP contribution in [0.1, 0.15) is 10.4 Å². The van der Waals surface area contributed by atoms with Crippen molar-refractivity contribution in [2.75, 3.05) is 0 Å². The van der Waals surface area contributed by atoms with Gasteiger partial charge in [0.05, 0.1) is 4.88 Å². The summed E-state index contributed by atoms with van der Waals surface area (Å²) in [5.74, 6) is 0.543. The van der Waals surface area contributed by atoms with Crippen LogP contribution in [0.15, 0.2) is 38.5 Å². The second kappa shape index (κ2) is 5.45. The molecule has 0 aliphatic carbocycles. The summed E-state index contributed by atoms with van der Waals surface area (Å²) < 4.78 is 5.72. The zero-order valence-electron chi connectivity index (χ0n) is 11.7. The molecule has 0 spiro atoms. The lowest BCUT2D eigenvalue weighted by atomic mass is 10.2. The van der Waals surface area contributed by atoms with Crippen LogP contribution in [0.3, 0.4) is 0 Å². The number of hydrogen-bond acceptors (Lipinski definition) is 8. The molecule has 0 aliphatic heterocycles. The normalized spacial score (nSPS) is 11.4. The SMILES string of the molecule is Cc1sc2ncnc(Sc3nnc(-c4cccs4)o3)c2c1C. The summed E-state index contributed by atoms with van der Waals surface area (Å²) in [5.41, 5.74) is 1.21. The number of fused-ring (bicyclic) bond motifs is 1. The highest BCUT2D eigenvalue weighted by Gasteiger charge is 2.16. The number of aromatic nitrogens is 4. The monoisotopic (exact) mass is 346 g/mol. The molecule has 4 aromatic heterocycles. The predicted molar refractivity (Wildman–Crippen MR) is 88.6 cm³/mol. The molecular formula is C14H10N4OS3. The van der Waals surface area contributed by atoms with Crippen LogP contribution in [-0.2, 0) is 0 Å². The minimum absolute atomic E-state index is 0.492. The number of thiophene rings is 2. The van der Waals surface area contributed by atoms with Crippen LogP contribution in [0.25, 0.3) is 21.0 Å². The topological polar surface area (TPSA) is 64.7 Å². The Balaban J connectivity index is 1.72. The highest BCUT2D eigenvalue weighted by atomic mass is 32.2. The second-order valence-corrected chi connectivity index (χ2v) is 7.69. The largest absolute Gasteiger partial charge is 0.410 e. The molecule has 4 rings (SSSR count). The highest BCUT2D eigenvalue weighted by Crippen LogP contribution is 2.37. The Morgan fingerprint density at radius 1 is 1.18 bits per heavy atom. The molecule has 0 aromatic carbocycles. The molecular weight excluding hydrogens is 336 g/mol. The van der Waals surface area contributed by atoms with Gasteiger partial charge in [0.2, 0.25) is 0 Å². The average Bonchev–Trinajstić information content (AvgIpc) is 3.21. The maximum Gasteiger partial charge on any atom is 0.283 e. The van der Waals surface area contributed by atoms with Gasteiger partial charge in [0.1, 0.15) is 16.2 Å². The molecule has 22 heavy (non-hydrogen) atoms. The average molecular weight is 346 g/mol. The Kier molecular flexibility index (Phi) is 3.44. The zero-order chi connectivity index (χ0) is 15.1. The first-order chi connectivity index (χ1) is 10.7. The maximum atomic E-state index is 5.72. The van der Waals surface area contributed by atoms with Crippen LogP contribution in [0.2, 0.25) is 0 Å². The van der Waals surface area contributed by atoms with E-state index in [1.165, 1.54) is 22.2 Å². The molecule has 110 valence electrons. The van der Waals surface area contributed by atoms with Gasteiger partial charge in [-0.05, 0) is 42.6 Å². The van der Waals surface area contributed by atoms with Crippen molar-refractivity contribution in [3.8, 4) is 10.8 Å². The molecule has 5 nitrogen and oxygen atoms in total. The fourth-order valence-electron chi connectivity index (χ4n) is 2.06. The lowest BCUT2D eigenvalue weighted by Crippen LogP contribution is -1.85. The number of aryl methyl sites for hydroxylation is 2. The molecule has 0 unspecified atom stereocenters. The van der Waals surface area contributed by atoms with Crippen LogP contribution in [0, 0.1) is 13.8 Å². The molecule has 0 fully saturated rings. The third-order valence-electron chi connectivity index (χ3n) is 3.25. The van der Waals surface area contributed by atoms with Crippen LogP contribution in [0.5, 0.6) is 0 Å². The summed E-state index contributed by atoms with van der Waals surface area (Å²) in [5, 5.41) is 12.6. The molecule has 0 radical (unpaired) electrons. The Morgan fingerprint density at radius 3 is 2.91 bits per heavy atom. The van der Waals surface area contributed by atoms with Gasteiger partial charge in [0.15, 0.2) is 0 Å². The molecule has 4 aromatic rings. The van der Waals surface area contributed by atoms with Gasteiger partial charge in [0.25, 0.3) is 11.1 Å². The Labute approximate surface area is 138 Å². The number of rotatable bonds is 3. The lowest BCUT2D eigenvalue weighted by Gasteiger charge is -1.99. The fraction of sp³-hybridized carbons (Fsp3) is 0.143. The van der Waals surface area contributed by atoms with Crippen molar-refractivity contribution >= 4 is 44.7 Å². The first kappa shape index (κ1) is 13.9. The van der Waals surface area contributed by atoms with Gasteiger partial charge >= 0.3 is 0 Å². The van der Waals surface area contributed by atoms with E-state index in [2.05, 4.69) is 34.0 Å². The van der Waals surface area contributed by atoms with E-state index in [0.717, 1.165) is 20.1 Å². The van der Waals surface area contributed by atoms with E-state index in [1.807, 2.05) is 17.5 Å². The fourth-order valence-corrected chi connectivity index (χ4v) is 4.59. The molecule has 0 saturated carbocycles. The van der Waals surface area contributed by atoms with Gasteiger partial charge in [-0.2, -0.15) is 0 Å². The van der Waals surface area contributed by atoms with E-state index in [9.17, 15) is 0 Å². The van der Waals surface area contributed by atoms with Gasteiger partial charge < -0.3 is 4.42 Å². The molecule has 0 amide bonds. The molecule has 0 N–H and O–H groups in total. The standard InChI is InChI=1S/C14H10N4OS3/c1-7-8(2)21-12-10(7)13(16-6-15-12)22-14-18-17-11(19-14)9-4-3-5-20-9/h3-6H,1-2H3. The van der Waals surface area contributed by atoms with Crippen molar-refractivity contribution in [3.63, 3.8) is 0 Å². The van der Waals surface area contributed by atoms with Crippen molar-refractivity contribution in [2.45, 2.75) is 24.1 Å². The summed E-state index contributed by atoms with van der Waals surface area (Å²) in [4.78, 5) is 11.9. The zero-order valence-corrected chi connectivity index (χ0v) is 14.2. The Bertz CT molecular complexity index is 942. The highest BCUT2D eigenvalue weighted by molar-refractivity contribution is 7.99. The smallest absolute Gasteiger partial charge is 0.283 e. The second-order valence-electron chi connectivity index (χ2n) is 4.59. The quantitative estimate of drug-likeness (QED) is 0.506. The van der Waals surface area contributed by atoms with E-state index in [4.69, 9.17) is 4.42 Å². The lowest BCUT2D eigenvalue weighted by molar-refractivity contribution is 0.466. The molecule has 0 aliphatic rings. The van der Waals surface area contributed by atoms with Crippen molar-refractivity contribution in [3.05, 3.63) is 34.3 Å². The summed E-state index contributed by atoms with van der Waals surface area (Å²) in [7, 11) is 0. The van der Waals surface area contributed by atoms with Crippen molar-refractivity contribution in [2.24, 2.45) is 0 Å². The molecule has 0 atom stereocenters. The minimum atomic E-state index is 0.492. The van der Waals surface area contributed by atoms with Gasteiger partial charge in [-0.25, -0.2) is 9.97 Å². The maximum absolute atomic E-state index is 5.72. The van der Waals surface area contributed by atoms with Gasteiger partial charge in [-0.15, -0.1) is 32.9 Å². The van der Waals surface area contributed by atoms with Crippen molar-refractivity contribution in [1.82, 2.24) is 20.2 Å². The molecule has 0 saturated heterocycles. The van der Waals surface area contributed by atoms with E-state index in [0.29, 0.717) is 11.1 Å². The van der Waals surface area contributed by atoms with Crippen LogP contribution >= 0.6 is 34.4 Å². The summed E-state index contributed by atoms with van der Waals surface area (Å²) in [6.07, 6.45) is 1.58. The first-order valence-electron chi connectivity index (χ1n) is 6.48. The third-order valence-corrected chi connectivity index (χ3v) is 6.07. The predicted octanol–water partition coefficient (Wildman–Crippen LogP) is 4.57. The Hall–Kier alpha value is -1.77. The summed E-state index contributed by atoms with van der Waals surface area (Å²) >= 11 is 4.63. The molecule has 0 bridgehead atoms. The van der Waals surface area contributed by atoms with Gasteiger partial charge in [0, 0.05) is 10.3 Å². The number of hydrogen-bond donors (Lipinski definition) is 0. The van der Waals surface area contributed by atoms with Crippen molar-refractivity contribution < 1.29 is 4.42 Å². The van der Waals surface area contributed by atoms with Gasteiger partial charge in [-0.1, -0.05) is 6.07 Å². The van der Waals surface area contributed by atoms with E-state index < -0.39 is 0 Å². The number of nitrogens with zero attached hydrogens (tertiary/aromatic N) is 4.